The molecule has 2 amide bonds. The Hall–Kier alpha value is -2.36. The number of amides is 2. The topological polar surface area (TPSA) is 115 Å². The molecule has 3 rings (SSSR count). The van der Waals surface area contributed by atoms with Gasteiger partial charge in [-0.05, 0) is 23.3 Å². The Morgan fingerprint density at radius 2 is 2.30 bits per heavy atom. The van der Waals surface area contributed by atoms with Crippen molar-refractivity contribution in [2.24, 2.45) is 0 Å². The molecule has 0 saturated heterocycles. The van der Waals surface area contributed by atoms with Gasteiger partial charge in [0.05, 0.1) is 5.92 Å². The fourth-order valence-electron chi connectivity index (χ4n) is 2.50. The van der Waals surface area contributed by atoms with Crippen molar-refractivity contribution in [3.05, 3.63) is 17.4 Å². The summed E-state index contributed by atoms with van der Waals surface area (Å²) in [6.45, 7) is 1.01. The largest absolute Gasteiger partial charge is 0.355 e. The number of anilines is 1. The first kappa shape index (κ1) is 15.5. The molecular weight excluding hydrogens is 318 g/mol. The molecule has 1 unspecified atom stereocenters. The molecule has 0 radical (unpaired) electrons. The van der Waals surface area contributed by atoms with E-state index < -0.39 is 0 Å². The highest BCUT2D eigenvalue weighted by Crippen LogP contribution is 2.23. The zero-order valence-electron chi connectivity index (χ0n) is 12.4. The number of hydrogen-bond donors (Lipinski definition) is 2. The predicted molar refractivity (Wildman–Crippen MR) is 82.8 cm³/mol. The van der Waals surface area contributed by atoms with Gasteiger partial charge in [-0.25, -0.2) is 9.67 Å². The van der Waals surface area contributed by atoms with Gasteiger partial charge in [0.25, 0.3) is 0 Å². The number of rotatable bonds is 5. The number of hydrogen-bond acceptors (Lipinski definition) is 7. The smallest absolute Gasteiger partial charge is 0.230 e. The number of fused-ring (bicyclic) bond motifs is 1. The van der Waals surface area contributed by atoms with Crippen molar-refractivity contribution in [3.63, 3.8) is 0 Å². The second-order valence-corrected chi connectivity index (χ2v) is 6.13. The van der Waals surface area contributed by atoms with Crippen LogP contribution < -0.4 is 10.6 Å². The molecule has 0 spiro atoms. The van der Waals surface area contributed by atoms with Crippen LogP contribution in [-0.4, -0.2) is 43.6 Å². The summed E-state index contributed by atoms with van der Waals surface area (Å²) in [5.74, 6) is -0.0577. The molecule has 0 aromatic carbocycles. The zero-order valence-corrected chi connectivity index (χ0v) is 13.3. The Labute approximate surface area is 136 Å². The van der Waals surface area contributed by atoms with E-state index in [1.54, 1.807) is 16.3 Å². The van der Waals surface area contributed by atoms with Crippen LogP contribution in [-0.2, 0) is 16.1 Å². The summed E-state index contributed by atoms with van der Waals surface area (Å²) in [7, 11) is 0. The first-order chi connectivity index (χ1) is 11.2. The third-order valence-corrected chi connectivity index (χ3v) is 4.32. The van der Waals surface area contributed by atoms with Gasteiger partial charge in [0, 0.05) is 31.1 Å². The summed E-state index contributed by atoms with van der Waals surface area (Å²) in [5.41, 5.74) is 0. The van der Waals surface area contributed by atoms with Crippen molar-refractivity contribution >= 4 is 28.3 Å². The summed E-state index contributed by atoms with van der Waals surface area (Å²) >= 11 is 1.35. The fourth-order valence-corrected chi connectivity index (χ4v) is 3.04. The Balaban J connectivity index is 1.49. The first-order valence-electron chi connectivity index (χ1n) is 7.47. The minimum Gasteiger partial charge on any atom is -0.355 e. The van der Waals surface area contributed by atoms with Gasteiger partial charge in [-0.2, -0.15) is 0 Å². The maximum absolute atomic E-state index is 12.3. The van der Waals surface area contributed by atoms with Crippen molar-refractivity contribution in [1.82, 2.24) is 30.5 Å². The van der Waals surface area contributed by atoms with Crippen molar-refractivity contribution < 1.29 is 9.59 Å². The molecule has 1 atom stereocenters. The molecule has 2 aromatic rings. The number of carbonyl (C=O) groups excluding carboxylic acids is 2. The van der Waals surface area contributed by atoms with Crippen LogP contribution in [0.15, 0.2) is 11.6 Å². The highest BCUT2D eigenvalue weighted by atomic mass is 32.1. The van der Waals surface area contributed by atoms with Crippen LogP contribution in [0.5, 0.6) is 0 Å². The van der Waals surface area contributed by atoms with Crippen LogP contribution in [0.3, 0.4) is 0 Å². The van der Waals surface area contributed by atoms with Gasteiger partial charge in [0.1, 0.15) is 0 Å². The Kier molecular flexibility index (Phi) is 4.91. The Morgan fingerprint density at radius 3 is 3.13 bits per heavy atom. The molecule has 0 fully saturated rings. The molecule has 10 heteroatoms. The lowest BCUT2D eigenvalue weighted by molar-refractivity contribution is -0.123. The molecule has 2 aromatic heterocycles. The van der Waals surface area contributed by atoms with Gasteiger partial charge in [-0.1, -0.05) is 6.42 Å². The van der Waals surface area contributed by atoms with Gasteiger partial charge in [-0.15, -0.1) is 16.4 Å². The first-order valence-corrected chi connectivity index (χ1v) is 8.35. The van der Waals surface area contributed by atoms with Gasteiger partial charge >= 0.3 is 0 Å². The maximum Gasteiger partial charge on any atom is 0.230 e. The number of aryl methyl sites for hydroxylation is 1. The molecule has 0 aliphatic carbocycles. The second-order valence-electron chi connectivity index (χ2n) is 5.24. The monoisotopic (exact) mass is 335 g/mol. The van der Waals surface area contributed by atoms with Crippen LogP contribution in [0.4, 0.5) is 5.13 Å². The van der Waals surface area contributed by atoms with Crippen LogP contribution >= 0.6 is 11.3 Å². The lowest BCUT2D eigenvalue weighted by atomic mass is 10.0. The highest BCUT2D eigenvalue weighted by molar-refractivity contribution is 7.13. The quantitative estimate of drug-likeness (QED) is 0.824. The van der Waals surface area contributed by atoms with Crippen molar-refractivity contribution in [2.75, 3.05) is 11.9 Å². The van der Waals surface area contributed by atoms with E-state index in [1.807, 2.05) is 0 Å². The number of carbonyl (C=O) groups is 2. The zero-order chi connectivity index (χ0) is 16.1. The lowest BCUT2D eigenvalue weighted by Crippen LogP contribution is -2.33. The minimum absolute atomic E-state index is 0.134. The molecule has 2 N–H and O–H groups in total. The van der Waals surface area contributed by atoms with Gasteiger partial charge in [0.2, 0.25) is 11.8 Å². The molecule has 1 aliphatic heterocycles. The third-order valence-electron chi connectivity index (χ3n) is 3.63. The van der Waals surface area contributed by atoms with E-state index in [1.165, 1.54) is 11.3 Å². The number of aromatic nitrogens is 5. The van der Waals surface area contributed by atoms with Gasteiger partial charge in [-0.3, -0.25) is 9.59 Å². The number of nitrogens with one attached hydrogen (secondary N) is 2. The molecule has 9 nitrogen and oxygen atoms in total. The molecule has 3 heterocycles. The maximum atomic E-state index is 12.3. The van der Waals surface area contributed by atoms with Gasteiger partial charge in [0.15, 0.2) is 11.0 Å². The molecule has 122 valence electrons. The van der Waals surface area contributed by atoms with Crippen LogP contribution in [0, 0.1) is 0 Å². The second kappa shape index (κ2) is 7.27. The molecule has 1 aliphatic rings. The fraction of sp³-hybridized carbons (Fsp3) is 0.538. The summed E-state index contributed by atoms with van der Waals surface area (Å²) in [6.07, 6.45) is 4.44. The number of tetrazole rings is 1. The van der Waals surface area contributed by atoms with E-state index in [9.17, 15) is 9.59 Å². The van der Waals surface area contributed by atoms with E-state index in [2.05, 4.69) is 31.1 Å². The van der Waals surface area contributed by atoms with E-state index in [0.29, 0.717) is 11.0 Å². The molecule has 23 heavy (non-hydrogen) atoms. The van der Waals surface area contributed by atoms with Crippen LogP contribution in [0.1, 0.15) is 37.4 Å². The molecular formula is C13H17N7O2S. The van der Waals surface area contributed by atoms with Crippen molar-refractivity contribution in [2.45, 2.75) is 38.1 Å². The number of nitrogens with zero attached hydrogens (tertiary/aromatic N) is 5. The summed E-state index contributed by atoms with van der Waals surface area (Å²) < 4.78 is 1.69. The van der Waals surface area contributed by atoms with E-state index in [4.69, 9.17) is 0 Å². The van der Waals surface area contributed by atoms with E-state index >= 15 is 0 Å². The highest BCUT2D eigenvalue weighted by Gasteiger charge is 2.28. The standard InChI is InChI=1S/C13H17N7O2S/c21-10(16-13-15-6-8-23-13)4-5-14-12(22)9-3-1-2-7-20-11(9)17-18-19-20/h6,8-9H,1-5,7H2,(H,14,22)(H,15,16,21). The number of thiazole rings is 1. The Bertz CT molecular complexity index is 670. The predicted octanol–water partition coefficient (Wildman–Crippen LogP) is 0.542. The molecule has 0 bridgehead atoms. The van der Waals surface area contributed by atoms with E-state index in [0.717, 1.165) is 25.8 Å². The minimum atomic E-state index is -0.352. The van der Waals surface area contributed by atoms with Gasteiger partial charge < -0.3 is 10.6 Å². The van der Waals surface area contributed by atoms with Crippen molar-refractivity contribution in [3.8, 4) is 0 Å². The Morgan fingerprint density at radius 1 is 1.39 bits per heavy atom. The normalized spacial score (nSPS) is 17.1. The van der Waals surface area contributed by atoms with Crippen LogP contribution in [0.2, 0.25) is 0 Å². The average molecular weight is 335 g/mol. The van der Waals surface area contributed by atoms with Crippen molar-refractivity contribution in [1.29, 1.82) is 0 Å². The third kappa shape index (κ3) is 3.89. The van der Waals surface area contributed by atoms with E-state index in [-0.39, 0.29) is 30.7 Å². The summed E-state index contributed by atoms with van der Waals surface area (Å²) in [4.78, 5) is 28.1. The average Bonchev–Trinajstić information content (AvgIpc) is 3.16. The lowest BCUT2D eigenvalue weighted by Gasteiger charge is -2.13. The summed E-state index contributed by atoms with van der Waals surface area (Å²) in [6, 6.07) is 0. The summed E-state index contributed by atoms with van der Waals surface area (Å²) in [5, 5.41) is 19.3. The van der Waals surface area contributed by atoms with Crippen LogP contribution in [0.25, 0.3) is 0 Å². The SMILES string of the molecule is O=C(CCNC(=O)C1CCCCn2nnnc21)Nc1nccs1. The molecule has 0 saturated carbocycles.